The third-order valence-corrected chi connectivity index (χ3v) is 4.84. The molecule has 1 aliphatic carbocycles. The van der Waals surface area contributed by atoms with E-state index in [0.717, 1.165) is 24.2 Å². The predicted octanol–water partition coefficient (Wildman–Crippen LogP) is 3.01. The molecule has 3 nitrogen and oxygen atoms in total. The molecule has 5 heteroatoms. The van der Waals surface area contributed by atoms with E-state index in [1.807, 2.05) is 13.1 Å². The number of halogens is 2. The third kappa shape index (κ3) is 3.77. The second-order valence-corrected chi connectivity index (χ2v) is 6.78. The third-order valence-electron chi connectivity index (χ3n) is 4.61. The number of hydrogen-bond donors (Lipinski definition) is 2. The van der Waals surface area contributed by atoms with Crippen LogP contribution >= 0.6 is 11.6 Å². The number of benzene rings is 2. The van der Waals surface area contributed by atoms with E-state index in [1.165, 1.54) is 23.3 Å². The number of fused-ring (bicyclic) bond motifs is 1. The van der Waals surface area contributed by atoms with Gasteiger partial charge in [0.2, 0.25) is 0 Å². The van der Waals surface area contributed by atoms with E-state index < -0.39 is 5.82 Å². The molecular formula is C19H21ClFN2O+. The average molecular weight is 348 g/mol. The number of carbonyl (C=O) groups excluding carboxylic acids is 1. The van der Waals surface area contributed by atoms with Gasteiger partial charge in [0, 0.05) is 17.0 Å². The number of hydrogen-bond acceptors (Lipinski definition) is 1. The van der Waals surface area contributed by atoms with Crippen molar-refractivity contribution in [1.82, 2.24) is 0 Å². The minimum atomic E-state index is -0.517. The Morgan fingerprint density at radius 1 is 1.33 bits per heavy atom. The Labute approximate surface area is 146 Å². The maximum absolute atomic E-state index is 13.8. The first kappa shape index (κ1) is 16.9. The molecule has 0 fully saturated rings. The molecular weight excluding hydrogens is 327 g/mol. The van der Waals surface area contributed by atoms with Crippen LogP contribution in [0.15, 0.2) is 42.5 Å². The number of aryl methyl sites for hydroxylation is 1. The van der Waals surface area contributed by atoms with Crippen LogP contribution in [0, 0.1) is 5.82 Å². The van der Waals surface area contributed by atoms with Crippen LogP contribution in [0.5, 0.6) is 0 Å². The Morgan fingerprint density at radius 2 is 2.12 bits per heavy atom. The van der Waals surface area contributed by atoms with Crippen molar-refractivity contribution in [2.75, 3.05) is 18.9 Å². The zero-order valence-corrected chi connectivity index (χ0v) is 14.4. The van der Waals surface area contributed by atoms with Crippen molar-refractivity contribution in [2.45, 2.75) is 25.3 Å². The first-order chi connectivity index (χ1) is 11.5. The molecule has 2 aromatic carbocycles. The summed E-state index contributed by atoms with van der Waals surface area (Å²) in [4.78, 5) is 13.4. The van der Waals surface area contributed by atoms with E-state index in [0.29, 0.717) is 17.6 Å². The molecule has 1 unspecified atom stereocenters. The summed E-state index contributed by atoms with van der Waals surface area (Å²) in [5.41, 5.74) is 2.87. The highest BCUT2D eigenvalue weighted by Crippen LogP contribution is 2.27. The van der Waals surface area contributed by atoms with Gasteiger partial charge in [0.25, 0.3) is 5.91 Å². The Hall–Kier alpha value is -1.91. The number of rotatable bonds is 4. The summed E-state index contributed by atoms with van der Waals surface area (Å²) < 4.78 is 13.8. The fourth-order valence-corrected chi connectivity index (χ4v) is 3.59. The second-order valence-electron chi connectivity index (χ2n) is 6.34. The zero-order valence-electron chi connectivity index (χ0n) is 13.6. The molecule has 0 saturated heterocycles. The SMILES string of the molecule is C[NH+](CC(=O)Nc1ccc(Cl)cc1F)[C@@H]1CCCc2ccccc21. The topological polar surface area (TPSA) is 33.5 Å². The van der Waals surface area contributed by atoms with Crippen LogP contribution < -0.4 is 10.2 Å². The molecule has 3 rings (SSSR count). The van der Waals surface area contributed by atoms with Crippen LogP contribution in [-0.2, 0) is 11.2 Å². The predicted molar refractivity (Wildman–Crippen MR) is 93.9 cm³/mol. The van der Waals surface area contributed by atoms with Crippen molar-refractivity contribution in [1.29, 1.82) is 0 Å². The van der Waals surface area contributed by atoms with Gasteiger partial charge in [0.15, 0.2) is 6.54 Å². The van der Waals surface area contributed by atoms with Gasteiger partial charge in [-0.15, -0.1) is 0 Å². The van der Waals surface area contributed by atoms with Gasteiger partial charge >= 0.3 is 0 Å². The lowest BCUT2D eigenvalue weighted by Crippen LogP contribution is -3.10. The lowest BCUT2D eigenvalue weighted by Gasteiger charge is -2.30. The molecule has 2 atom stereocenters. The van der Waals surface area contributed by atoms with Gasteiger partial charge in [0.05, 0.1) is 12.7 Å². The molecule has 2 aromatic rings. The van der Waals surface area contributed by atoms with E-state index in [9.17, 15) is 9.18 Å². The molecule has 0 saturated carbocycles. The lowest BCUT2D eigenvalue weighted by molar-refractivity contribution is -0.905. The van der Waals surface area contributed by atoms with Crippen molar-refractivity contribution in [3.05, 3.63) is 64.4 Å². The molecule has 0 aliphatic heterocycles. The highest BCUT2D eigenvalue weighted by molar-refractivity contribution is 6.30. The smallest absolute Gasteiger partial charge is 0.279 e. The van der Waals surface area contributed by atoms with Crippen LogP contribution in [-0.4, -0.2) is 19.5 Å². The highest BCUT2D eigenvalue weighted by atomic mass is 35.5. The van der Waals surface area contributed by atoms with Crippen LogP contribution in [0.1, 0.15) is 30.0 Å². The number of anilines is 1. The molecule has 2 N–H and O–H groups in total. The van der Waals surface area contributed by atoms with Gasteiger partial charge in [0.1, 0.15) is 11.9 Å². The molecule has 0 bridgehead atoms. The van der Waals surface area contributed by atoms with E-state index in [1.54, 1.807) is 6.07 Å². The molecule has 0 heterocycles. The fraction of sp³-hybridized carbons (Fsp3) is 0.316. The van der Waals surface area contributed by atoms with Gasteiger partial charge in [-0.3, -0.25) is 4.79 Å². The van der Waals surface area contributed by atoms with Crippen molar-refractivity contribution in [2.24, 2.45) is 0 Å². The summed E-state index contributed by atoms with van der Waals surface area (Å²) >= 11 is 5.73. The Kier molecular flexibility index (Phi) is 5.17. The minimum Gasteiger partial charge on any atom is -0.323 e. The summed E-state index contributed by atoms with van der Waals surface area (Å²) in [6.07, 6.45) is 3.29. The standard InChI is InChI=1S/C19H20ClFN2O/c1-23(18-8-4-6-13-5-2-3-7-15(13)18)12-19(24)22-17-10-9-14(20)11-16(17)21/h2-3,5,7,9-11,18H,4,6,8,12H2,1H3,(H,22,24)/p+1/t18-/m1/s1. The van der Waals surface area contributed by atoms with E-state index in [2.05, 4.69) is 23.5 Å². The monoisotopic (exact) mass is 347 g/mol. The van der Waals surface area contributed by atoms with Gasteiger partial charge in [-0.2, -0.15) is 0 Å². The Morgan fingerprint density at radius 3 is 2.92 bits per heavy atom. The largest absolute Gasteiger partial charge is 0.323 e. The number of carbonyl (C=O) groups is 1. The quantitative estimate of drug-likeness (QED) is 0.875. The number of nitrogens with one attached hydrogen (secondary N) is 2. The Bertz CT molecular complexity index is 750. The summed E-state index contributed by atoms with van der Waals surface area (Å²) in [6.45, 7) is 0.293. The molecule has 126 valence electrons. The summed E-state index contributed by atoms with van der Waals surface area (Å²) in [5.74, 6) is -0.715. The van der Waals surface area contributed by atoms with Gasteiger partial charge in [-0.25, -0.2) is 4.39 Å². The van der Waals surface area contributed by atoms with E-state index >= 15 is 0 Å². The number of quaternary nitrogens is 1. The molecule has 0 aromatic heterocycles. The van der Waals surface area contributed by atoms with Gasteiger partial charge < -0.3 is 10.2 Å². The van der Waals surface area contributed by atoms with Crippen molar-refractivity contribution in [3.63, 3.8) is 0 Å². The normalized spacial score (nSPS) is 17.9. The zero-order chi connectivity index (χ0) is 17.1. The summed E-state index contributed by atoms with van der Waals surface area (Å²) in [5, 5.41) is 2.95. The van der Waals surface area contributed by atoms with Crippen LogP contribution in [0.25, 0.3) is 0 Å². The lowest BCUT2D eigenvalue weighted by atomic mass is 9.87. The maximum Gasteiger partial charge on any atom is 0.279 e. The average Bonchev–Trinajstić information content (AvgIpc) is 2.57. The number of likely N-dealkylation sites (N-methyl/N-ethyl adjacent to an activating group) is 1. The molecule has 1 aliphatic rings. The Balaban J connectivity index is 1.67. The van der Waals surface area contributed by atoms with Crippen molar-refractivity contribution < 1.29 is 14.1 Å². The van der Waals surface area contributed by atoms with Crippen molar-refractivity contribution in [3.8, 4) is 0 Å². The van der Waals surface area contributed by atoms with Crippen molar-refractivity contribution >= 4 is 23.2 Å². The summed E-state index contributed by atoms with van der Waals surface area (Å²) in [6, 6.07) is 13.0. The van der Waals surface area contributed by atoms with Crippen LogP contribution in [0.4, 0.5) is 10.1 Å². The van der Waals surface area contributed by atoms with Crippen LogP contribution in [0.3, 0.4) is 0 Å². The number of amides is 1. The van der Waals surface area contributed by atoms with Gasteiger partial charge in [-0.05, 0) is 36.6 Å². The maximum atomic E-state index is 13.8. The first-order valence-corrected chi connectivity index (χ1v) is 8.57. The molecule has 24 heavy (non-hydrogen) atoms. The van der Waals surface area contributed by atoms with Crippen LogP contribution in [0.2, 0.25) is 5.02 Å². The van der Waals surface area contributed by atoms with E-state index in [4.69, 9.17) is 11.6 Å². The summed E-state index contributed by atoms with van der Waals surface area (Å²) in [7, 11) is 2.02. The molecule has 1 amide bonds. The highest BCUT2D eigenvalue weighted by Gasteiger charge is 2.28. The first-order valence-electron chi connectivity index (χ1n) is 8.19. The minimum absolute atomic E-state index is 0.168. The fourth-order valence-electron chi connectivity index (χ4n) is 3.43. The van der Waals surface area contributed by atoms with E-state index in [-0.39, 0.29) is 11.6 Å². The second kappa shape index (κ2) is 7.32. The van der Waals surface area contributed by atoms with Gasteiger partial charge in [-0.1, -0.05) is 35.9 Å². The molecule has 0 spiro atoms. The molecule has 0 radical (unpaired) electrons.